The van der Waals surface area contributed by atoms with E-state index in [0.717, 1.165) is 28.2 Å². The van der Waals surface area contributed by atoms with Crippen LogP contribution in [-0.4, -0.2) is 16.9 Å². The van der Waals surface area contributed by atoms with E-state index in [4.69, 9.17) is 0 Å². The summed E-state index contributed by atoms with van der Waals surface area (Å²) < 4.78 is 12.9. The van der Waals surface area contributed by atoms with Crippen LogP contribution in [0.4, 0.5) is 25.7 Å². The Labute approximate surface area is 159 Å². The molecule has 0 fully saturated rings. The van der Waals surface area contributed by atoms with Gasteiger partial charge in [-0.15, -0.1) is 11.3 Å². The molecule has 3 amide bonds. The van der Waals surface area contributed by atoms with Gasteiger partial charge in [-0.2, -0.15) is 0 Å². The van der Waals surface area contributed by atoms with Crippen LogP contribution in [0.25, 0.3) is 0 Å². The first-order valence-corrected chi connectivity index (χ1v) is 8.97. The highest BCUT2D eigenvalue weighted by molar-refractivity contribution is 7.14. The molecule has 8 heteroatoms. The minimum absolute atomic E-state index is 0.208. The molecule has 3 aromatic rings. The Bertz CT molecular complexity index is 965. The summed E-state index contributed by atoms with van der Waals surface area (Å²) in [5, 5.41) is 9.80. The molecule has 0 saturated carbocycles. The lowest BCUT2D eigenvalue weighted by Crippen LogP contribution is -2.19. The Kier molecular flexibility index (Phi) is 5.46. The maximum atomic E-state index is 12.9. The average Bonchev–Trinajstić information content (AvgIpc) is 3.08. The molecule has 0 saturated heterocycles. The van der Waals surface area contributed by atoms with Gasteiger partial charge < -0.3 is 10.6 Å². The van der Waals surface area contributed by atoms with Crippen LogP contribution in [0.2, 0.25) is 0 Å². The van der Waals surface area contributed by atoms with Gasteiger partial charge in [-0.3, -0.25) is 10.1 Å². The first kappa shape index (κ1) is 18.5. The standard InChI is InChI=1S/C19H17FN4O2S/c1-11-4-3-5-12(2)16(11)23-17(25)15-10-27-19(22-15)24-18(26)21-14-8-6-13(20)7-9-14/h3-10H,1-2H3,(H,23,25)(H2,21,22,24,26). The minimum atomic E-state index is -0.530. The predicted molar refractivity (Wildman–Crippen MR) is 105 cm³/mol. The monoisotopic (exact) mass is 384 g/mol. The number of benzene rings is 2. The van der Waals surface area contributed by atoms with Crippen LogP contribution < -0.4 is 16.0 Å². The van der Waals surface area contributed by atoms with E-state index in [0.29, 0.717) is 5.69 Å². The van der Waals surface area contributed by atoms with Crippen molar-refractivity contribution >= 4 is 39.8 Å². The van der Waals surface area contributed by atoms with Crippen molar-refractivity contribution in [3.63, 3.8) is 0 Å². The van der Waals surface area contributed by atoms with Crippen molar-refractivity contribution in [2.75, 3.05) is 16.0 Å². The maximum Gasteiger partial charge on any atom is 0.325 e. The summed E-state index contributed by atoms with van der Waals surface area (Å²) >= 11 is 1.13. The minimum Gasteiger partial charge on any atom is -0.320 e. The van der Waals surface area contributed by atoms with Crippen LogP contribution >= 0.6 is 11.3 Å². The molecular weight excluding hydrogens is 367 g/mol. The summed E-state index contributed by atoms with van der Waals surface area (Å²) in [5.41, 5.74) is 3.31. The van der Waals surface area contributed by atoms with Crippen LogP contribution in [0.3, 0.4) is 0 Å². The Morgan fingerprint density at radius 3 is 2.30 bits per heavy atom. The van der Waals surface area contributed by atoms with Crippen LogP contribution in [0, 0.1) is 19.7 Å². The number of carbonyl (C=O) groups is 2. The van der Waals surface area contributed by atoms with E-state index in [1.54, 1.807) is 5.38 Å². The quantitative estimate of drug-likeness (QED) is 0.604. The molecule has 27 heavy (non-hydrogen) atoms. The molecule has 0 radical (unpaired) electrons. The third kappa shape index (κ3) is 4.68. The number of hydrogen-bond acceptors (Lipinski definition) is 4. The Hall–Kier alpha value is -3.26. The van der Waals surface area contributed by atoms with Crippen molar-refractivity contribution in [2.24, 2.45) is 0 Å². The Balaban J connectivity index is 1.63. The van der Waals surface area contributed by atoms with E-state index < -0.39 is 6.03 Å². The summed E-state index contributed by atoms with van der Waals surface area (Å²) in [7, 11) is 0. The fourth-order valence-corrected chi connectivity index (χ4v) is 3.10. The number of thiazole rings is 1. The van der Waals surface area contributed by atoms with Gasteiger partial charge in [-0.1, -0.05) is 18.2 Å². The molecule has 0 atom stereocenters. The van der Waals surface area contributed by atoms with Crippen molar-refractivity contribution < 1.29 is 14.0 Å². The number of rotatable bonds is 4. The third-order valence-corrected chi connectivity index (χ3v) is 4.54. The van der Waals surface area contributed by atoms with Gasteiger partial charge in [0, 0.05) is 16.8 Å². The topological polar surface area (TPSA) is 83.1 Å². The molecule has 0 bridgehead atoms. The van der Waals surface area contributed by atoms with E-state index in [2.05, 4.69) is 20.9 Å². The molecule has 1 heterocycles. The fourth-order valence-electron chi connectivity index (χ4n) is 2.42. The van der Waals surface area contributed by atoms with Gasteiger partial charge in [0.2, 0.25) is 0 Å². The van der Waals surface area contributed by atoms with Gasteiger partial charge in [0.15, 0.2) is 5.13 Å². The van der Waals surface area contributed by atoms with E-state index in [1.807, 2.05) is 32.0 Å². The highest BCUT2D eigenvalue weighted by Gasteiger charge is 2.14. The second-order valence-electron chi connectivity index (χ2n) is 5.84. The second kappa shape index (κ2) is 7.96. The van der Waals surface area contributed by atoms with E-state index in [9.17, 15) is 14.0 Å². The SMILES string of the molecule is Cc1cccc(C)c1NC(=O)c1csc(NC(=O)Nc2ccc(F)cc2)n1. The number of carbonyl (C=O) groups excluding carboxylic acids is 2. The fraction of sp³-hybridized carbons (Fsp3) is 0.105. The molecule has 138 valence electrons. The molecule has 3 rings (SSSR count). The highest BCUT2D eigenvalue weighted by atomic mass is 32.1. The molecule has 6 nitrogen and oxygen atoms in total. The summed E-state index contributed by atoms with van der Waals surface area (Å²) in [6, 6.07) is 10.6. The van der Waals surface area contributed by atoms with E-state index in [-0.39, 0.29) is 22.5 Å². The second-order valence-corrected chi connectivity index (χ2v) is 6.70. The number of nitrogens with zero attached hydrogens (tertiary/aromatic N) is 1. The van der Waals surface area contributed by atoms with Crippen molar-refractivity contribution in [1.29, 1.82) is 0 Å². The first-order valence-electron chi connectivity index (χ1n) is 8.09. The molecule has 0 unspecified atom stereocenters. The molecule has 0 spiro atoms. The average molecular weight is 384 g/mol. The summed E-state index contributed by atoms with van der Waals surface area (Å²) in [6.45, 7) is 3.83. The third-order valence-electron chi connectivity index (χ3n) is 3.78. The number of urea groups is 1. The number of hydrogen-bond donors (Lipinski definition) is 3. The zero-order valence-electron chi connectivity index (χ0n) is 14.7. The number of amides is 3. The number of halogens is 1. The number of aryl methyl sites for hydroxylation is 2. The van der Waals surface area contributed by atoms with Crippen LogP contribution in [0.15, 0.2) is 47.8 Å². The molecule has 2 aromatic carbocycles. The summed E-state index contributed by atoms with van der Waals surface area (Å²) in [6.07, 6.45) is 0. The molecule has 0 aliphatic rings. The van der Waals surface area contributed by atoms with Crippen molar-refractivity contribution in [2.45, 2.75) is 13.8 Å². The normalized spacial score (nSPS) is 10.3. The van der Waals surface area contributed by atoms with Crippen molar-refractivity contribution in [3.05, 3.63) is 70.5 Å². The van der Waals surface area contributed by atoms with Gasteiger partial charge in [0.05, 0.1) is 0 Å². The van der Waals surface area contributed by atoms with Gasteiger partial charge in [0.25, 0.3) is 5.91 Å². The lowest BCUT2D eigenvalue weighted by molar-refractivity contribution is 0.102. The van der Waals surface area contributed by atoms with Crippen molar-refractivity contribution in [3.8, 4) is 0 Å². The van der Waals surface area contributed by atoms with E-state index >= 15 is 0 Å². The lowest BCUT2D eigenvalue weighted by atomic mass is 10.1. The van der Waals surface area contributed by atoms with Gasteiger partial charge >= 0.3 is 6.03 Å². The predicted octanol–water partition coefficient (Wildman–Crippen LogP) is 4.80. The molecule has 0 aliphatic carbocycles. The number of aromatic nitrogens is 1. The van der Waals surface area contributed by atoms with Gasteiger partial charge in [-0.05, 0) is 49.2 Å². The number of anilines is 3. The smallest absolute Gasteiger partial charge is 0.320 e. The largest absolute Gasteiger partial charge is 0.325 e. The number of nitrogens with one attached hydrogen (secondary N) is 3. The summed E-state index contributed by atoms with van der Waals surface area (Å²) in [4.78, 5) is 28.5. The molecule has 0 aliphatic heterocycles. The van der Waals surface area contributed by atoms with Gasteiger partial charge in [0.1, 0.15) is 11.5 Å². The lowest BCUT2D eigenvalue weighted by Gasteiger charge is -2.10. The van der Waals surface area contributed by atoms with E-state index in [1.165, 1.54) is 24.3 Å². The Morgan fingerprint density at radius 2 is 1.63 bits per heavy atom. The van der Waals surface area contributed by atoms with Crippen molar-refractivity contribution in [1.82, 2.24) is 4.98 Å². The zero-order chi connectivity index (χ0) is 19.4. The molecule has 1 aromatic heterocycles. The van der Waals surface area contributed by atoms with Gasteiger partial charge in [-0.25, -0.2) is 14.2 Å². The number of para-hydroxylation sites is 1. The highest BCUT2D eigenvalue weighted by Crippen LogP contribution is 2.22. The van der Waals surface area contributed by atoms with Crippen LogP contribution in [-0.2, 0) is 0 Å². The first-order chi connectivity index (χ1) is 12.9. The van der Waals surface area contributed by atoms with Crippen LogP contribution in [0.1, 0.15) is 21.6 Å². The molecular formula is C19H17FN4O2S. The summed E-state index contributed by atoms with van der Waals surface area (Å²) in [5.74, 6) is -0.740. The Morgan fingerprint density at radius 1 is 0.963 bits per heavy atom. The van der Waals surface area contributed by atoms with Crippen LogP contribution in [0.5, 0.6) is 0 Å². The zero-order valence-corrected chi connectivity index (χ0v) is 15.5. The maximum absolute atomic E-state index is 12.9. The molecule has 3 N–H and O–H groups in total.